The molecule has 1 heterocycles. The van der Waals surface area contributed by atoms with Crippen molar-refractivity contribution >= 4 is 18.4 Å². The highest BCUT2D eigenvalue weighted by atomic mass is 35.5. The van der Waals surface area contributed by atoms with Crippen LogP contribution in [0.25, 0.3) is 0 Å². The van der Waals surface area contributed by atoms with E-state index in [1.54, 1.807) is 0 Å². The molecule has 1 fully saturated rings. The van der Waals surface area contributed by atoms with Gasteiger partial charge in [-0.1, -0.05) is 0 Å². The first kappa shape index (κ1) is 11.7. The Bertz CT molecular complexity index is 148. The Kier molecular flexibility index (Phi) is 5.20. The molecule has 0 radical (unpaired) electrons. The van der Waals surface area contributed by atoms with Gasteiger partial charge in [-0.3, -0.25) is 4.79 Å². The summed E-state index contributed by atoms with van der Waals surface area (Å²) in [5.41, 5.74) is 5.44. The highest BCUT2D eigenvalue weighted by molar-refractivity contribution is 5.85. The van der Waals surface area contributed by atoms with Crippen molar-refractivity contribution in [2.24, 2.45) is 11.7 Å². The quantitative estimate of drug-likeness (QED) is 0.663. The molecule has 0 spiro atoms. The van der Waals surface area contributed by atoms with E-state index in [4.69, 9.17) is 15.6 Å². The van der Waals surface area contributed by atoms with E-state index in [9.17, 15) is 4.79 Å². The zero-order chi connectivity index (χ0) is 8.27. The number of ether oxygens (including phenoxy) is 1. The summed E-state index contributed by atoms with van der Waals surface area (Å²) in [6.45, 7) is 1.29. The SMILES string of the molecule is Cl.N[C@H](C(=O)O)C1CCOCC1. The summed E-state index contributed by atoms with van der Waals surface area (Å²) in [5.74, 6) is -0.807. The molecule has 3 N–H and O–H groups in total. The molecule has 4 nitrogen and oxygen atoms in total. The summed E-state index contributed by atoms with van der Waals surface area (Å²) in [4.78, 5) is 10.4. The van der Waals surface area contributed by atoms with Crippen LogP contribution in [0.5, 0.6) is 0 Å². The molecule has 0 aromatic carbocycles. The molecule has 0 unspecified atom stereocenters. The molecular weight excluding hydrogens is 182 g/mol. The molecule has 0 bridgehead atoms. The van der Waals surface area contributed by atoms with Gasteiger partial charge in [-0.05, 0) is 18.8 Å². The maximum atomic E-state index is 10.4. The minimum Gasteiger partial charge on any atom is -0.480 e. The Morgan fingerprint density at radius 2 is 2.00 bits per heavy atom. The molecule has 1 saturated heterocycles. The van der Waals surface area contributed by atoms with Crippen LogP contribution in [0.2, 0.25) is 0 Å². The number of hydrogen-bond acceptors (Lipinski definition) is 3. The maximum Gasteiger partial charge on any atom is 0.320 e. The Morgan fingerprint density at radius 1 is 1.50 bits per heavy atom. The predicted molar refractivity (Wildman–Crippen MR) is 46.4 cm³/mol. The van der Waals surface area contributed by atoms with Gasteiger partial charge >= 0.3 is 5.97 Å². The lowest BCUT2D eigenvalue weighted by atomic mass is 9.92. The van der Waals surface area contributed by atoms with Crippen LogP contribution in [0.3, 0.4) is 0 Å². The van der Waals surface area contributed by atoms with Crippen LogP contribution in [0, 0.1) is 5.92 Å². The van der Waals surface area contributed by atoms with E-state index in [1.807, 2.05) is 0 Å². The third-order valence-corrected chi connectivity index (χ3v) is 2.06. The summed E-state index contributed by atoms with van der Waals surface area (Å²) in [5, 5.41) is 8.57. The van der Waals surface area contributed by atoms with Gasteiger partial charge in [0.15, 0.2) is 0 Å². The van der Waals surface area contributed by atoms with Crippen LogP contribution >= 0.6 is 12.4 Å². The number of rotatable bonds is 2. The van der Waals surface area contributed by atoms with E-state index < -0.39 is 12.0 Å². The van der Waals surface area contributed by atoms with Gasteiger partial charge in [0.2, 0.25) is 0 Å². The average molecular weight is 196 g/mol. The van der Waals surface area contributed by atoms with Gasteiger partial charge < -0.3 is 15.6 Å². The smallest absolute Gasteiger partial charge is 0.320 e. The van der Waals surface area contributed by atoms with Crippen molar-refractivity contribution in [3.05, 3.63) is 0 Å². The Hall–Kier alpha value is -0.320. The minimum atomic E-state index is -0.906. The zero-order valence-corrected chi connectivity index (χ0v) is 7.55. The molecule has 1 aliphatic heterocycles. The third-order valence-electron chi connectivity index (χ3n) is 2.06. The summed E-state index contributed by atoms with van der Waals surface area (Å²) >= 11 is 0. The number of nitrogens with two attached hydrogens (primary N) is 1. The maximum absolute atomic E-state index is 10.4. The minimum absolute atomic E-state index is 0. The largest absolute Gasteiger partial charge is 0.480 e. The number of carbonyl (C=O) groups is 1. The topological polar surface area (TPSA) is 72.6 Å². The van der Waals surface area contributed by atoms with E-state index in [1.165, 1.54) is 0 Å². The normalized spacial score (nSPS) is 21.1. The highest BCUT2D eigenvalue weighted by Crippen LogP contribution is 2.17. The van der Waals surface area contributed by atoms with Gasteiger partial charge in [0.1, 0.15) is 6.04 Å². The van der Waals surface area contributed by atoms with E-state index in [2.05, 4.69) is 0 Å². The molecule has 0 amide bonds. The molecule has 1 aliphatic rings. The average Bonchev–Trinajstić information content (AvgIpc) is 2.05. The van der Waals surface area contributed by atoms with E-state index >= 15 is 0 Å². The lowest BCUT2D eigenvalue weighted by molar-refractivity contribution is -0.140. The first-order chi connectivity index (χ1) is 5.22. The van der Waals surface area contributed by atoms with Crippen molar-refractivity contribution in [1.82, 2.24) is 0 Å². The number of halogens is 1. The second-order valence-electron chi connectivity index (χ2n) is 2.81. The van der Waals surface area contributed by atoms with E-state index in [-0.39, 0.29) is 18.3 Å². The van der Waals surface area contributed by atoms with Crippen LogP contribution in [-0.2, 0) is 9.53 Å². The fourth-order valence-corrected chi connectivity index (χ4v) is 1.28. The molecule has 1 atom stereocenters. The number of hydrogen-bond donors (Lipinski definition) is 2. The standard InChI is InChI=1S/C7H13NO3.ClH/c8-6(7(9)10)5-1-3-11-4-2-5;/h5-6H,1-4,8H2,(H,9,10);1H/t6-;/m0./s1. The van der Waals surface area contributed by atoms with Crippen LogP contribution in [0.15, 0.2) is 0 Å². The van der Waals surface area contributed by atoms with Crippen LogP contribution in [0.4, 0.5) is 0 Å². The lowest BCUT2D eigenvalue weighted by Gasteiger charge is -2.24. The number of aliphatic carboxylic acids is 1. The fourth-order valence-electron chi connectivity index (χ4n) is 1.28. The lowest BCUT2D eigenvalue weighted by Crippen LogP contribution is -2.40. The monoisotopic (exact) mass is 195 g/mol. The second kappa shape index (κ2) is 5.35. The summed E-state index contributed by atoms with van der Waals surface area (Å²) in [6, 6.07) is -0.709. The predicted octanol–water partition coefficient (Wildman–Crippen LogP) is 0.247. The van der Waals surface area contributed by atoms with Crippen molar-refractivity contribution in [2.45, 2.75) is 18.9 Å². The molecule has 0 aromatic rings. The molecule has 0 saturated carbocycles. The summed E-state index contributed by atoms with van der Waals surface area (Å²) in [6.07, 6.45) is 1.54. The summed E-state index contributed by atoms with van der Waals surface area (Å²) < 4.78 is 5.08. The molecule has 72 valence electrons. The van der Waals surface area contributed by atoms with Crippen molar-refractivity contribution in [2.75, 3.05) is 13.2 Å². The van der Waals surface area contributed by atoms with Crippen molar-refractivity contribution in [1.29, 1.82) is 0 Å². The molecule has 12 heavy (non-hydrogen) atoms. The number of carboxylic acids is 1. The van der Waals surface area contributed by atoms with Gasteiger partial charge in [0.05, 0.1) is 0 Å². The van der Waals surface area contributed by atoms with Crippen LogP contribution < -0.4 is 5.73 Å². The Balaban J connectivity index is 0.00000121. The van der Waals surface area contributed by atoms with Crippen molar-refractivity contribution in [3.63, 3.8) is 0 Å². The van der Waals surface area contributed by atoms with Crippen molar-refractivity contribution in [3.8, 4) is 0 Å². The highest BCUT2D eigenvalue weighted by Gasteiger charge is 2.25. The zero-order valence-electron chi connectivity index (χ0n) is 6.73. The summed E-state index contributed by atoms with van der Waals surface area (Å²) in [7, 11) is 0. The molecule has 0 aliphatic carbocycles. The number of carboxylic acid groups (broad SMARTS) is 1. The molecule has 0 aromatic heterocycles. The first-order valence-corrected chi connectivity index (χ1v) is 3.78. The first-order valence-electron chi connectivity index (χ1n) is 3.78. The third kappa shape index (κ3) is 2.97. The van der Waals surface area contributed by atoms with Gasteiger partial charge in [0, 0.05) is 13.2 Å². The van der Waals surface area contributed by atoms with Crippen LogP contribution in [-0.4, -0.2) is 30.3 Å². The Labute approximate surface area is 77.5 Å². The van der Waals surface area contributed by atoms with Gasteiger partial charge in [-0.15, -0.1) is 12.4 Å². The van der Waals surface area contributed by atoms with Crippen LogP contribution in [0.1, 0.15) is 12.8 Å². The fraction of sp³-hybridized carbons (Fsp3) is 0.857. The Morgan fingerprint density at radius 3 is 2.42 bits per heavy atom. The molecule has 5 heteroatoms. The van der Waals surface area contributed by atoms with Gasteiger partial charge in [0.25, 0.3) is 0 Å². The van der Waals surface area contributed by atoms with Gasteiger partial charge in [-0.2, -0.15) is 0 Å². The molecular formula is C7H14ClNO3. The van der Waals surface area contributed by atoms with E-state index in [0.29, 0.717) is 13.2 Å². The second-order valence-corrected chi connectivity index (χ2v) is 2.81. The van der Waals surface area contributed by atoms with Crippen molar-refractivity contribution < 1.29 is 14.6 Å². The van der Waals surface area contributed by atoms with Gasteiger partial charge in [-0.25, -0.2) is 0 Å². The van der Waals surface area contributed by atoms with E-state index in [0.717, 1.165) is 12.8 Å². The molecule has 1 rings (SSSR count).